The minimum atomic E-state index is -1.24. The van der Waals surface area contributed by atoms with Crippen LogP contribution in [-0.2, 0) is 21.4 Å². The Balaban J connectivity index is 2.43. The first-order valence-electron chi connectivity index (χ1n) is 12.3. The van der Waals surface area contributed by atoms with E-state index in [2.05, 4.69) is 6.07 Å². The zero-order valence-electron chi connectivity index (χ0n) is 22.8. The van der Waals surface area contributed by atoms with Crippen LogP contribution >= 0.6 is 0 Å². The number of nitrogens with zero attached hydrogens (tertiary/aromatic N) is 2. The Morgan fingerprint density at radius 2 is 1.55 bits per heavy atom. The molecule has 0 bridgehead atoms. The zero-order chi connectivity index (χ0) is 28.3. The van der Waals surface area contributed by atoms with Gasteiger partial charge in [-0.3, -0.25) is 14.9 Å². The smallest absolute Gasteiger partial charge is 0.303 e. The summed E-state index contributed by atoms with van der Waals surface area (Å²) in [4.78, 5) is 23.8. The molecule has 38 heavy (non-hydrogen) atoms. The van der Waals surface area contributed by atoms with Gasteiger partial charge in [0.05, 0.1) is 39.9 Å². The molecular formula is C28H36N2O8. The van der Waals surface area contributed by atoms with E-state index >= 15 is 0 Å². The van der Waals surface area contributed by atoms with E-state index in [4.69, 9.17) is 23.7 Å². The molecule has 0 saturated heterocycles. The highest BCUT2D eigenvalue weighted by Crippen LogP contribution is 2.39. The number of nitriles is 1. The monoisotopic (exact) mass is 528 g/mol. The summed E-state index contributed by atoms with van der Waals surface area (Å²) < 4.78 is 26.8. The van der Waals surface area contributed by atoms with Crippen molar-refractivity contribution in [2.75, 3.05) is 28.4 Å². The van der Waals surface area contributed by atoms with Gasteiger partial charge in [-0.1, -0.05) is 25.5 Å². The van der Waals surface area contributed by atoms with E-state index in [0.29, 0.717) is 47.0 Å². The predicted molar refractivity (Wildman–Crippen MR) is 141 cm³/mol. The van der Waals surface area contributed by atoms with Gasteiger partial charge in [0.25, 0.3) is 6.04 Å². The van der Waals surface area contributed by atoms with E-state index in [9.17, 15) is 20.2 Å². The molecule has 0 spiro atoms. The molecule has 0 amide bonds. The Labute approximate surface area is 223 Å². The molecule has 0 aromatic heterocycles. The van der Waals surface area contributed by atoms with Crippen LogP contribution in [-0.4, -0.2) is 51.5 Å². The van der Waals surface area contributed by atoms with E-state index in [1.165, 1.54) is 35.4 Å². The summed E-state index contributed by atoms with van der Waals surface area (Å²) in [5.41, 5.74) is 0.358. The highest BCUT2D eigenvalue weighted by Gasteiger charge is 2.39. The van der Waals surface area contributed by atoms with Crippen LogP contribution in [0.15, 0.2) is 36.4 Å². The quantitative estimate of drug-likeness (QED) is 0.180. The van der Waals surface area contributed by atoms with Crippen LogP contribution in [0.3, 0.4) is 0 Å². The summed E-state index contributed by atoms with van der Waals surface area (Å²) in [5, 5.41) is 22.6. The molecule has 0 fully saturated rings. The first kappa shape index (κ1) is 30.2. The number of carbonyl (C=O) groups is 1. The molecule has 2 aromatic carbocycles. The molecule has 3 unspecified atom stereocenters. The van der Waals surface area contributed by atoms with Crippen LogP contribution in [0.5, 0.6) is 23.0 Å². The standard InChI is InChI=1S/C28H36N2O8/c1-7-13-28(18-29,21-9-11-25(35-4)27(17-21)37-6)14-12-23(38-19(2)31)22(30(32)33)15-20-8-10-24(34-3)26(16-20)36-5/h8-11,16-17,22-23H,7,12-15H2,1-6H3. The van der Waals surface area contributed by atoms with Crippen LogP contribution in [0.25, 0.3) is 0 Å². The fourth-order valence-electron chi connectivity index (χ4n) is 4.67. The van der Waals surface area contributed by atoms with Gasteiger partial charge in [-0.2, -0.15) is 5.26 Å². The highest BCUT2D eigenvalue weighted by atomic mass is 16.6. The molecule has 0 aliphatic carbocycles. The molecule has 2 rings (SSSR count). The zero-order valence-corrected chi connectivity index (χ0v) is 22.8. The lowest BCUT2D eigenvalue weighted by Crippen LogP contribution is -2.40. The number of benzene rings is 2. The molecule has 10 heteroatoms. The van der Waals surface area contributed by atoms with Crippen molar-refractivity contribution in [3.63, 3.8) is 0 Å². The number of hydrogen-bond acceptors (Lipinski definition) is 9. The van der Waals surface area contributed by atoms with Crippen LogP contribution in [0.1, 0.15) is 50.7 Å². The molecule has 0 aliphatic heterocycles. The third-order valence-electron chi connectivity index (χ3n) is 6.59. The van der Waals surface area contributed by atoms with Crippen molar-refractivity contribution in [2.24, 2.45) is 0 Å². The maximum atomic E-state index is 12.2. The van der Waals surface area contributed by atoms with E-state index in [1.807, 2.05) is 6.92 Å². The Kier molecular flexibility index (Phi) is 11.2. The average molecular weight is 529 g/mol. The third kappa shape index (κ3) is 7.28. The van der Waals surface area contributed by atoms with Crippen molar-refractivity contribution >= 4 is 5.97 Å². The number of rotatable bonds is 15. The number of esters is 1. The lowest BCUT2D eigenvalue weighted by Gasteiger charge is -2.30. The van der Waals surface area contributed by atoms with Gasteiger partial charge in [0.2, 0.25) is 0 Å². The third-order valence-corrected chi connectivity index (χ3v) is 6.59. The Hall–Kier alpha value is -4.00. The van der Waals surface area contributed by atoms with Crippen molar-refractivity contribution in [1.29, 1.82) is 5.26 Å². The number of carbonyl (C=O) groups excluding carboxylic acids is 1. The number of methoxy groups -OCH3 is 4. The van der Waals surface area contributed by atoms with Crippen molar-refractivity contribution in [1.82, 2.24) is 0 Å². The van der Waals surface area contributed by atoms with Crippen LogP contribution in [0.4, 0.5) is 0 Å². The van der Waals surface area contributed by atoms with Crippen molar-refractivity contribution < 1.29 is 33.4 Å². The van der Waals surface area contributed by atoms with Gasteiger partial charge < -0.3 is 23.7 Å². The molecule has 10 nitrogen and oxygen atoms in total. The molecule has 0 N–H and O–H groups in total. The maximum absolute atomic E-state index is 12.2. The van der Waals surface area contributed by atoms with E-state index in [1.54, 1.807) is 36.4 Å². The number of nitro groups is 1. The van der Waals surface area contributed by atoms with Gasteiger partial charge in [-0.15, -0.1) is 0 Å². The van der Waals surface area contributed by atoms with Gasteiger partial charge in [0.15, 0.2) is 29.1 Å². The Morgan fingerprint density at radius 1 is 0.974 bits per heavy atom. The van der Waals surface area contributed by atoms with Crippen LogP contribution < -0.4 is 18.9 Å². The first-order chi connectivity index (χ1) is 18.2. The summed E-state index contributed by atoms with van der Waals surface area (Å²) in [6.07, 6.45) is 0.492. The van der Waals surface area contributed by atoms with Crippen molar-refractivity contribution in [2.45, 2.75) is 63.5 Å². The molecular weight excluding hydrogens is 492 g/mol. The predicted octanol–water partition coefficient (Wildman–Crippen LogP) is 4.88. The minimum absolute atomic E-state index is 0.00497. The topological polar surface area (TPSA) is 130 Å². The summed E-state index contributed by atoms with van der Waals surface area (Å²) in [7, 11) is 6.03. The maximum Gasteiger partial charge on any atom is 0.303 e. The molecule has 0 aliphatic rings. The second kappa shape index (κ2) is 14.1. The van der Waals surface area contributed by atoms with E-state index in [0.717, 1.165) is 0 Å². The van der Waals surface area contributed by atoms with E-state index in [-0.39, 0.29) is 19.3 Å². The molecule has 206 valence electrons. The molecule has 3 atom stereocenters. The fraction of sp³-hybridized carbons (Fsp3) is 0.500. The summed E-state index contributed by atoms with van der Waals surface area (Å²) in [6.45, 7) is 3.19. The first-order valence-corrected chi connectivity index (χ1v) is 12.3. The number of ether oxygens (including phenoxy) is 5. The normalized spacial score (nSPS) is 13.8. The summed E-state index contributed by atoms with van der Waals surface area (Å²) in [6, 6.07) is 11.5. The largest absolute Gasteiger partial charge is 0.493 e. The van der Waals surface area contributed by atoms with E-state index < -0.39 is 28.5 Å². The highest BCUT2D eigenvalue weighted by molar-refractivity contribution is 5.66. The Bertz CT molecular complexity index is 1150. The minimum Gasteiger partial charge on any atom is -0.493 e. The lowest BCUT2D eigenvalue weighted by molar-refractivity contribution is -0.533. The van der Waals surface area contributed by atoms with Crippen LogP contribution in [0.2, 0.25) is 0 Å². The van der Waals surface area contributed by atoms with Gasteiger partial charge in [0.1, 0.15) is 0 Å². The second-order valence-corrected chi connectivity index (χ2v) is 8.95. The summed E-state index contributed by atoms with van der Waals surface area (Å²) >= 11 is 0. The molecule has 2 aromatic rings. The molecule has 0 heterocycles. The average Bonchev–Trinajstić information content (AvgIpc) is 2.92. The lowest BCUT2D eigenvalue weighted by atomic mass is 9.73. The second-order valence-electron chi connectivity index (χ2n) is 8.95. The van der Waals surface area contributed by atoms with Crippen LogP contribution in [0, 0.1) is 21.4 Å². The van der Waals surface area contributed by atoms with Gasteiger partial charge in [0, 0.05) is 18.3 Å². The van der Waals surface area contributed by atoms with Gasteiger partial charge >= 0.3 is 5.97 Å². The fourth-order valence-corrected chi connectivity index (χ4v) is 4.67. The number of hydrogen-bond donors (Lipinski definition) is 0. The molecule has 0 saturated carbocycles. The molecule has 0 radical (unpaired) electrons. The van der Waals surface area contributed by atoms with Crippen molar-refractivity contribution in [3.05, 3.63) is 57.6 Å². The van der Waals surface area contributed by atoms with Gasteiger partial charge in [-0.25, -0.2) is 0 Å². The Morgan fingerprint density at radius 3 is 2.05 bits per heavy atom. The van der Waals surface area contributed by atoms with Crippen molar-refractivity contribution in [3.8, 4) is 29.1 Å². The SMILES string of the molecule is CCCC(C#N)(CCC(OC(C)=O)C(Cc1ccc(OC)c(OC)c1)[N+](=O)[O-])c1ccc(OC)c(OC)c1. The summed E-state index contributed by atoms with van der Waals surface area (Å²) in [5.74, 6) is 1.32. The van der Waals surface area contributed by atoms with Gasteiger partial charge in [-0.05, 0) is 54.7 Å².